The summed E-state index contributed by atoms with van der Waals surface area (Å²) in [4.78, 5) is 0. The van der Waals surface area contributed by atoms with E-state index >= 15 is 0 Å². The van der Waals surface area contributed by atoms with E-state index in [1.54, 1.807) is 6.08 Å². The van der Waals surface area contributed by atoms with Crippen LogP contribution in [0.3, 0.4) is 0 Å². The summed E-state index contributed by atoms with van der Waals surface area (Å²) >= 11 is 0. The van der Waals surface area contributed by atoms with E-state index in [2.05, 4.69) is 29.1 Å². The van der Waals surface area contributed by atoms with Crippen molar-refractivity contribution in [3.05, 3.63) is 24.0 Å². The minimum Gasteiger partial charge on any atom is -0.375 e. The van der Waals surface area contributed by atoms with E-state index in [4.69, 9.17) is 4.74 Å². The van der Waals surface area contributed by atoms with Crippen molar-refractivity contribution >= 4 is 0 Å². The largest absolute Gasteiger partial charge is 0.375 e. The van der Waals surface area contributed by atoms with Gasteiger partial charge < -0.3 is 10.1 Å². The molecule has 0 fully saturated rings. The Labute approximate surface area is 95.5 Å². The van der Waals surface area contributed by atoms with Gasteiger partial charge in [-0.2, -0.15) is 0 Å². The summed E-state index contributed by atoms with van der Waals surface area (Å²) in [5.74, 6) is 0. The summed E-state index contributed by atoms with van der Waals surface area (Å²) in [5, 5.41) is 11.8. The number of nitrogens with one attached hydrogen (secondary N) is 1. The topological polar surface area (TPSA) is 52.0 Å². The van der Waals surface area contributed by atoms with E-state index in [9.17, 15) is 0 Å². The van der Waals surface area contributed by atoms with Gasteiger partial charge in [-0.15, -0.1) is 11.7 Å². The van der Waals surface area contributed by atoms with Crippen LogP contribution in [-0.4, -0.2) is 34.8 Å². The Hall–Kier alpha value is -1.20. The molecule has 0 radical (unpaired) electrons. The molecule has 1 aromatic rings. The fourth-order valence-electron chi connectivity index (χ4n) is 2.00. The van der Waals surface area contributed by atoms with E-state index in [1.807, 2.05) is 4.68 Å². The van der Waals surface area contributed by atoms with Crippen LogP contribution in [0.5, 0.6) is 0 Å². The number of rotatable bonds is 5. The Morgan fingerprint density at radius 3 is 3.31 bits per heavy atom. The number of aromatic nitrogens is 3. The molecule has 2 heterocycles. The van der Waals surface area contributed by atoms with Crippen LogP contribution in [0.2, 0.25) is 0 Å². The predicted molar refractivity (Wildman–Crippen MR) is 61.2 cm³/mol. The minimum atomic E-state index is 0.170. The normalized spacial score (nSPS) is 19.4. The van der Waals surface area contributed by atoms with Gasteiger partial charge in [0.1, 0.15) is 5.69 Å². The van der Waals surface area contributed by atoms with Crippen LogP contribution in [0.25, 0.3) is 0 Å². The molecule has 1 aliphatic rings. The third kappa shape index (κ3) is 2.15. The number of hydrogen-bond acceptors (Lipinski definition) is 4. The molecule has 2 rings (SSSR count). The van der Waals surface area contributed by atoms with Crippen molar-refractivity contribution in [3.8, 4) is 0 Å². The predicted octanol–water partition coefficient (Wildman–Crippen LogP) is 0.687. The van der Waals surface area contributed by atoms with Gasteiger partial charge in [0.25, 0.3) is 0 Å². The van der Waals surface area contributed by atoms with Crippen molar-refractivity contribution in [3.63, 3.8) is 0 Å². The van der Waals surface area contributed by atoms with Crippen molar-refractivity contribution in [2.75, 3.05) is 19.8 Å². The molecule has 1 aromatic heterocycles. The molecular formula is C11H18N4O. The van der Waals surface area contributed by atoms with Gasteiger partial charge >= 0.3 is 0 Å². The van der Waals surface area contributed by atoms with Crippen molar-refractivity contribution < 1.29 is 4.74 Å². The Morgan fingerprint density at radius 2 is 2.56 bits per heavy atom. The van der Waals surface area contributed by atoms with E-state index in [1.165, 1.54) is 5.69 Å². The first kappa shape index (κ1) is 11.3. The molecule has 5 nitrogen and oxygen atoms in total. The summed E-state index contributed by atoms with van der Waals surface area (Å²) < 4.78 is 7.43. The fourth-order valence-corrected chi connectivity index (χ4v) is 2.00. The Bertz CT molecular complexity index is 361. The molecule has 0 aliphatic carbocycles. The standard InChI is InChI=1S/C11H18N4O/c1-3-7-16-8-9-11-10(5-6-12-9)15(4-2)14-13-11/h3,9,12H,1,4-8H2,2H3/t9-/m0/s1. The summed E-state index contributed by atoms with van der Waals surface area (Å²) in [5.41, 5.74) is 2.28. The Kier molecular flexibility index (Phi) is 3.69. The van der Waals surface area contributed by atoms with Crippen LogP contribution in [0.15, 0.2) is 12.7 Å². The van der Waals surface area contributed by atoms with Crippen LogP contribution in [-0.2, 0) is 17.7 Å². The highest BCUT2D eigenvalue weighted by Gasteiger charge is 2.25. The SMILES string of the molecule is C=CCOC[C@@H]1NCCc2c1nnn2CC. The van der Waals surface area contributed by atoms with Gasteiger partial charge in [0.2, 0.25) is 0 Å². The lowest BCUT2D eigenvalue weighted by Crippen LogP contribution is -2.33. The second kappa shape index (κ2) is 5.23. The Morgan fingerprint density at radius 1 is 1.69 bits per heavy atom. The highest BCUT2D eigenvalue weighted by molar-refractivity contribution is 5.18. The van der Waals surface area contributed by atoms with Crippen LogP contribution in [0.1, 0.15) is 24.4 Å². The second-order valence-corrected chi connectivity index (χ2v) is 3.82. The maximum absolute atomic E-state index is 5.46. The zero-order chi connectivity index (χ0) is 11.4. The molecule has 0 aromatic carbocycles. The molecule has 5 heteroatoms. The first-order valence-corrected chi connectivity index (χ1v) is 5.71. The molecule has 0 unspecified atom stereocenters. The number of fused-ring (bicyclic) bond motifs is 1. The number of hydrogen-bond donors (Lipinski definition) is 1. The van der Waals surface area contributed by atoms with Crippen LogP contribution < -0.4 is 5.32 Å². The molecule has 1 aliphatic heterocycles. The van der Waals surface area contributed by atoms with E-state index in [0.717, 1.165) is 25.2 Å². The van der Waals surface area contributed by atoms with Crippen molar-refractivity contribution in [2.24, 2.45) is 0 Å². The van der Waals surface area contributed by atoms with E-state index < -0.39 is 0 Å². The van der Waals surface area contributed by atoms with Crippen LogP contribution >= 0.6 is 0 Å². The zero-order valence-electron chi connectivity index (χ0n) is 9.65. The maximum Gasteiger partial charge on any atom is 0.105 e. The van der Waals surface area contributed by atoms with Gasteiger partial charge in [0.15, 0.2) is 0 Å². The van der Waals surface area contributed by atoms with Gasteiger partial charge in [-0.25, -0.2) is 4.68 Å². The highest BCUT2D eigenvalue weighted by atomic mass is 16.5. The average molecular weight is 222 g/mol. The molecule has 0 saturated heterocycles. The second-order valence-electron chi connectivity index (χ2n) is 3.82. The third-order valence-electron chi connectivity index (χ3n) is 2.77. The molecule has 0 bridgehead atoms. The molecule has 1 N–H and O–H groups in total. The lowest BCUT2D eigenvalue weighted by Gasteiger charge is -2.22. The van der Waals surface area contributed by atoms with E-state index in [0.29, 0.717) is 13.2 Å². The van der Waals surface area contributed by atoms with Crippen LogP contribution in [0.4, 0.5) is 0 Å². The van der Waals surface area contributed by atoms with Crippen molar-refractivity contribution in [1.29, 1.82) is 0 Å². The molecule has 16 heavy (non-hydrogen) atoms. The lowest BCUT2D eigenvalue weighted by atomic mass is 10.1. The van der Waals surface area contributed by atoms with E-state index in [-0.39, 0.29) is 6.04 Å². The van der Waals surface area contributed by atoms with Crippen LogP contribution in [0, 0.1) is 0 Å². The number of nitrogens with zero attached hydrogens (tertiary/aromatic N) is 3. The molecule has 88 valence electrons. The first-order valence-electron chi connectivity index (χ1n) is 5.71. The van der Waals surface area contributed by atoms with Gasteiger partial charge in [0, 0.05) is 19.5 Å². The quantitative estimate of drug-likeness (QED) is 0.588. The summed E-state index contributed by atoms with van der Waals surface area (Å²) in [6.45, 7) is 8.75. The molecule has 0 spiro atoms. The van der Waals surface area contributed by atoms with Gasteiger partial charge in [-0.3, -0.25) is 0 Å². The maximum atomic E-state index is 5.46. The number of ether oxygens (including phenoxy) is 1. The van der Waals surface area contributed by atoms with Gasteiger partial charge in [0.05, 0.1) is 24.9 Å². The average Bonchev–Trinajstić information content (AvgIpc) is 2.73. The summed E-state index contributed by atoms with van der Waals surface area (Å²) in [6, 6.07) is 0.170. The minimum absolute atomic E-state index is 0.170. The van der Waals surface area contributed by atoms with Gasteiger partial charge in [-0.05, 0) is 6.92 Å². The zero-order valence-corrected chi connectivity index (χ0v) is 9.65. The number of aryl methyl sites for hydroxylation is 1. The summed E-state index contributed by atoms with van der Waals surface area (Å²) in [7, 11) is 0. The molecule has 1 atom stereocenters. The summed E-state index contributed by atoms with van der Waals surface area (Å²) in [6.07, 6.45) is 2.75. The van der Waals surface area contributed by atoms with Crippen molar-refractivity contribution in [2.45, 2.75) is 25.9 Å². The highest BCUT2D eigenvalue weighted by Crippen LogP contribution is 2.20. The van der Waals surface area contributed by atoms with Gasteiger partial charge in [-0.1, -0.05) is 11.3 Å². The molecule has 0 saturated carbocycles. The lowest BCUT2D eigenvalue weighted by molar-refractivity contribution is 0.132. The fraction of sp³-hybridized carbons (Fsp3) is 0.636. The Balaban J connectivity index is 2.07. The smallest absolute Gasteiger partial charge is 0.105 e. The van der Waals surface area contributed by atoms with Crippen molar-refractivity contribution in [1.82, 2.24) is 20.3 Å². The first-order chi connectivity index (χ1) is 7.86. The molecule has 0 amide bonds. The molecular weight excluding hydrogens is 204 g/mol. The third-order valence-corrected chi connectivity index (χ3v) is 2.77. The monoisotopic (exact) mass is 222 g/mol.